The van der Waals surface area contributed by atoms with Crippen LogP contribution >= 0.6 is 0 Å². The van der Waals surface area contributed by atoms with Gasteiger partial charge in [-0.05, 0) is 36.8 Å². The molecule has 3 amide bonds. The van der Waals surface area contributed by atoms with Crippen LogP contribution in [0.2, 0.25) is 0 Å². The average Bonchev–Trinajstić information content (AvgIpc) is 2.88. The minimum atomic E-state index is -0.330. The molecule has 1 N–H and O–H groups in total. The Morgan fingerprint density at radius 3 is 2.26 bits per heavy atom. The molecule has 0 aliphatic carbocycles. The van der Waals surface area contributed by atoms with Gasteiger partial charge >= 0.3 is 0 Å². The summed E-state index contributed by atoms with van der Waals surface area (Å²) in [6.07, 6.45) is 0. The van der Waals surface area contributed by atoms with Gasteiger partial charge in [-0.3, -0.25) is 24.7 Å². The third-order valence-electron chi connectivity index (χ3n) is 4.13. The lowest BCUT2D eigenvalue weighted by Crippen LogP contribution is -2.36. The van der Waals surface area contributed by atoms with E-state index in [1.807, 2.05) is 6.92 Å². The summed E-state index contributed by atoms with van der Waals surface area (Å²) in [6, 6.07) is 11.8. The monoisotopic (exact) mass is 367 g/mol. The molecule has 1 heterocycles. The minimum absolute atomic E-state index is 0.0843. The van der Waals surface area contributed by atoms with Crippen LogP contribution in [0.3, 0.4) is 0 Å². The molecule has 0 radical (unpaired) electrons. The van der Waals surface area contributed by atoms with Gasteiger partial charge in [-0.25, -0.2) is 5.01 Å². The summed E-state index contributed by atoms with van der Waals surface area (Å²) >= 11 is 0. The van der Waals surface area contributed by atoms with Crippen LogP contribution in [0.15, 0.2) is 42.5 Å². The van der Waals surface area contributed by atoms with Gasteiger partial charge in [0.25, 0.3) is 17.7 Å². The summed E-state index contributed by atoms with van der Waals surface area (Å²) in [5, 5.41) is 1.54. The minimum Gasteiger partial charge on any atom is -0.493 e. The summed E-state index contributed by atoms with van der Waals surface area (Å²) in [7, 11) is 3.42. The molecule has 2 aromatic rings. The Morgan fingerprint density at radius 1 is 1.07 bits per heavy atom. The highest BCUT2D eigenvalue weighted by Crippen LogP contribution is 2.26. The summed E-state index contributed by atoms with van der Waals surface area (Å²) in [4.78, 5) is 38.7. The van der Waals surface area contributed by atoms with Gasteiger partial charge in [-0.15, -0.1) is 0 Å². The van der Waals surface area contributed by atoms with Crippen molar-refractivity contribution in [1.82, 2.24) is 15.3 Å². The fraction of sp³-hybridized carbons (Fsp3) is 0.250. The first kappa shape index (κ1) is 18.6. The van der Waals surface area contributed by atoms with Gasteiger partial charge in [-0.1, -0.05) is 18.2 Å². The number of hydrogen-bond donors (Lipinski definition) is 1. The van der Waals surface area contributed by atoms with E-state index in [4.69, 9.17) is 4.74 Å². The molecule has 7 nitrogen and oxygen atoms in total. The molecular formula is C20H21N3O4. The van der Waals surface area contributed by atoms with Gasteiger partial charge in [-0.2, -0.15) is 0 Å². The van der Waals surface area contributed by atoms with E-state index in [9.17, 15) is 14.4 Å². The van der Waals surface area contributed by atoms with E-state index in [1.54, 1.807) is 56.6 Å². The van der Waals surface area contributed by atoms with Crippen LogP contribution in [-0.4, -0.2) is 48.3 Å². The van der Waals surface area contributed by atoms with Crippen LogP contribution in [0.1, 0.15) is 43.6 Å². The molecule has 0 aromatic heterocycles. The average molecular weight is 367 g/mol. The quantitative estimate of drug-likeness (QED) is 0.625. The van der Waals surface area contributed by atoms with Crippen LogP contribution in [0, 0.1) is 0 Å². The summed E-state index contributed by atoms with van der Waals surface area (Å²) in [5.41, 5.74) is 4.49. The standard InChI is InChI=1S/C20H21N3O4/c1-4-27-17-10-9-13(11-16(17)18(24)21-22(2)3)12-23-19(25)14-7-5-6-8-15(14)20(23)26/h5-11H,4,12H2,1-3H3,(H,21,24). The van der Waals surface area contributed by atoms with Gasteiger partial charge in [0.05, 0.1) is 29.8 Å². The van der Waals surface area contributed by atoms with Gasteiger partial charge in [0.1, 0.15) is 5.75 Å². The first-order chi connectivity index (χ1) is 12.9. The zero-order valence-electron chi connectivity index (χ0n) is 15.5. The van der Waals surface area contributed by atoms with Crippen LogP contribution in [0.5, 0.6) is 5.75 Å². The Labute approximate surface area is 157 Å². The Bertz CT molecular complexity index is 873. The number of nitrogens with zero attached hydrogens (tertiary/aromatic N) is 2. The third-order valence-corrected chi connectivity index (χ3v) is 4.13. The van der Waals surface area contributed by atoms with Gasteiger partial charge in [0, 0.05) is 14.1 Å². The fourth-order valence-corrected chi connectivity index (χ4v) is 2.96. The van der Waals surface area contributed by atoms with E-state index >= 15 is 0 Å². The van der Waals surface area contributed by atoms with Crippen molar-refractivity contribution >= 4 is 17.7 Å². The maximum atomic E-state index is 12.5. The zero-order valence-corrected chi connectivity index (χ0v) is 15.5. The molecule has 3 rings (SSSR count). The van der Waals surface area contributed by atoms with E-state index in [0.29, 0.717) is 34.6 Å². The second kappa shape index (κ2) is 7.59. The number of rotatable bonds is 6. The smallest absolute Gasteiger partial charge is 0.269 e. The van der Waals surface area contributed by atoms with Crippen molar-refractivity contribution in [3.05, 3.63) is 64.7 Å². The Hall–Kier alpha value is -3.19. The first-order valence-electron chi connectivity index (χ1n) is 8.61. The van der Waals surface area contributed by atoms with Crippen molar-refractivity contribution in [3.63, 3.8) is 0 Å². The molecular weight excluding hydrogens is 346 g/mol. The van der Waals surface area contributed by atoms with Crippen molar-refractivity contribution < 1.29 is 19.1 Å². The Balaban J connectivity index is 1.89. The highest BCUT2D eigenvalue weighted by molar-refractivity contribution is 6.21. The van der Waals surface area contributed by atoms with Crippen LogP contribution in [0.25, 0.3) is 0 Å². The second-order valence-corrected chi connectivity index (χ2v) is 6.34. The van der Waals surface area contributed by atoms with Crippen molar-refractivity contribution in [2.75, 3.05) is 20.7 Å². The number of ether oxygens (including phenoxy) is 1. The molecule has 7 heteroatoms. The van der Waals surface area contributed by atoms with Crippen LogP contribution < -0.4 is 10.2 Å². The number of nitrogens with one attached hydrogen (secondary N) is 1. The molecule has 0 unspecified atom stereocenters. The number of hydrazine groups is 1. The molecule has 1 aliphatic rings. The number of benzene rings is 2. The molecule has 2 aromatic carbocycles. The highest BCUT2D eigenvalue weighted by Gasteiger charge is 2.35. The first-order valence-corrected chi connectivity index (χ1v) is 8.61. The number of hydrogen-bond acceptors (Lipinski definition) is 5. The van der Waals surface area contributed by atoms with E-state index in [-0.39, 0.29) is 24.3 Å². The zero-order chi connectivity index (χ0) is 19.6. The van der Waals surface area contributed by atoms with Crippen molar-refractivity contribution in [2.45, 2.75) is 13.5 Å². The van der Waals surface area contributed by atoms with Crippen LogP contribution in [0.4, 0.5) is 0 Å². The molecule has 0 saturated carbocycles. The Morgan fingerprint density at radius 2 is 1.70 bits per heavy atom. The molecule has 0 bridgehead atoms. The van der Waals surface area contributed by atoms with Gasteiger partial charge in [0.15, 0.2) is 0 Å². The molecule has 140 valence electrons. The van der Waals surface area contributed by atoms with E-state index < -0.39 is 0 Å². The maximum absolute atomic E-state index is 12.5. The lowest BCUT2D eigenvalue weighted by Gasteiger charge is -2.18. The Kier molecular flexibility index (Phi) is 5.23. The number of fused-ring (bicyclic) bond motifs is 1. The summed E-state index contributed by atoms with van der Waals surface area (Å²) in [5.74, 6) is -0.539. The second-order valence-electron chi connectivity index (χ2n) is 6.34. The largest absolute Gasteiger partial charge is 0.493 e. The number of imide groups is 1. The van der Waals surface area contributed by atoms with E-state index in [1.165, 1.54) is 9.91 Å². The van der Waals surface area contributed by atoms with Crippen molar-refractivity contribution in [2.24, 2.45) is 0 Å². The molecule has 0 atom stereocenters. The predicted molar refractivity (Wildman–Crippen MR) is 99.4 cm³/mol. The van der Waals surface area contributed by atoms with Gasteiger partial charge < -0.3 is 4.74 Å². The summed E-state index contributed by atoms with van der Waals surface area (Å²) < 4.78 is 5.53. The number of carbonyl (C=O) groups is 3. The lowest BCUT2D eigenvalue weighted by molar-refractivity contribution is 0.0642. The van der Waals surface area contributed by atoms with Crippen molar-refractivity contribution in [3.8, 4) is 5.75 Å². The maximum Gasteiger partial charge on any atom is 0.269 e. The van der Waals surface area contributed by atoms with E-state index in [0.717, 1.165) is 0 Å². The molecule has 0 spiro atoms. The molecule has 0 fully saturated rings. The topological polar surface area (TPSA) is 78.9 Å². The normalized spacial score (nSPS) is 13.1. The number of carbonyl (C=O) groups excluding carboxylic acids is 3. The van der Waals surface area contributed by atoms with Gasteiger partial charge in [0.2, 0.25) is 0 Å². The molecule has 27 heavy (non-hydrogen) atoms. The SMILES string of the molecule is CCOc1ccc(CN2C(=O)c3ccccc3C2=O)cc1C(=O)NN(C)C. The summed E-state index contributed by atoms with van der Waals surface area (Å²) in [6.45, 7) is 2.33. The van der Waals surface area contributed by atoms with Crippen LogP contribution in [-0.2, 0) is 6.54 Å². The number of amides is 3. The van der Waals surface area contributed by atoms with Crippen molar-refractivity contribution in [1.29, 1.82) is 0 Å². The third kappa shape index (κ3) is 3.68. The highest BCUT2D eigenvalue weighted by atomic mass is 16.5. The fourth-order valence-electron chi connectivity index (χ4n) is 2.96. The van der Waals surface area contributed by atoms with E-state index in [2.05, 4.69) is 5.43 Å². The predicted octanol–water partition coefficient (Wildman–Crippen LogP) is 2.09. The lowest BCUT2D eigenvalue weighted by atomic mass is 10.1. The molecule has 0 saturated heterocycles. The molecule has 1 aliphatic heterocycles.